The van der Waals surface area contributed by atoms with Crippen LogP contribution in [-0.2, 0) is 6.61 Å². The number of aryl methyl sites for hydroxylation is 1. The molecule has 0 saturated heterocycles. The molecule has 2 rings (SSSR count). The number of hydrogen-bond acceptors (Lipinski definition) is 5. The Morgan fingerprint density at radius 1 is 1.63 bits per heavy atom. The molecular weight excluding hydrogens is 264 g/mol. The van der Waals surface area contributed by atoms with Crippen molar-refractivity contribution in [3.8, 4) is 11.8 Å². The Labute approximate surface area is 113 Å². The molecule has 0 aliphatic heterocycles. The molecule has 0 aliphatic rings. The van der Waals surface area contributed by atoms with E-state index < -0.39 is 5.97 Å². The topological polar surface area (TPSA) is 83.2 Å². The van der Waals surface area contributed by atoms with Crippen molar-refractivity contribution in [3.05, 3.63) is 45.4 Å². The number of carboxylic acid groups (broad SMARTS) is 1. The summed E-state index contributed by atoms with van der Waals surface area (Å²) >= 11 is 1.16. The Morgan fingerprint density at radius 2 is 2.42 bits per heavy atom. The van der Waals surface area contributed by atoms with Crippen molar-refractivity contribution >= 4 is 17.3 Å². The van der Waals surface area contributed by atoms with Crippen LogP contribution in [0.1, 0.15) is 25.8 Å². The molecule has 2 heterocycles. The first kappa shape index (κ1) is 13.1. The van der Waals surface area contributed by atoms with Crippen molar-refractivity contribution in [1.29, 1.82) is 5.26 Å². The average Bonchev–Trinajstić information content (AvgIpc) is 2.78. The number of carboxylic acids is 1. The summed E-state index contributed by atoms with van der Waals surface area (Å²) in [6, 6.07) is 7.08. The zero-order valence-corrected chi connectivity index (χ0v) is 10.9. The second-order valence-corrected chi connectivity index (χ2v) is 5.02. The Bertz CT molecular complexity index is 658. The van der Waals surface area contributed by atoms with Gasteiger partial charge in [-0.15, -0.1) is 11.3 Å². The van der Waals surface area contributed by atoms with E-state index >= 15 is 0 Å². The molecule has 0 spiro atoms. The lowest BCUT2D eigenvalue weighted by Gasteiger charge is -2.06. The minimum absolute atomic E-state index is 0.118. The van der Waals surface area contributed by atoms with E-state index in [2.05, 4.69) is 4.98 Å². The van der Waals surface area contributed by atoms with Crippen LogP contribution in [-0.4, -0.2) is 16.1 Å². The molecule has 0 fully saturated rings. The number of rotatable bonds is 4. The van der Waals surface area contributed by atoms with Crippen LogP contribution < -0.4 is 4.74 Å². The molecule has 19 heavy (non-hydrogen) atoms. The molecule has 0 aliphatic carbocycles. The van der Waals surface area contributed by atoms with Crippen molar-refractivity contribution in [3.63, 3.8) is 0 Å². The van der Waals surface area contributed by atoms with E-state index in [1.807, 2.05) is 13.0 Å². The van der Waals surface area contributed by atoms with E-state index in [1.54, 1.807) is 18.2 Å². The normalized spacial score (nSPS) is 9.89. The van der Waals surface area contributed by atoms with Crippen LogP contribution in [0.25, 0.3) is 0 Å². The SMILES string of the molecule is Cc1cc(OCc2cccnc2C#N)c(C(=O)O)s1. The molecule has 0 amide bonds. The van der Waals surface area contributed by atoms with Gasteiger partial charge in [0.25, 0.3) is 0 Å². The predicted octanol–water partition coefficient (Wildman–Crippen LogP) is 2.60. The number of aromatic nitrogens is 1. The van der Waals surface area contributed by atoms with Crippen LogP contribution in [0.15, 0.2) is 24.4 Å². The number of nitriles is 1. The van der Waals surface area contributed by atoms with Gasteiger partial charge in [-0.25, -0.2) is 9.78 Å². The van der Waals surface area contributed by atoms with E-state index in [0.29, 0.717) is 11.3 Å². The van der Waals surface area contributed by atoms with Gasteiger partial charge in [-0.05, 0) is 19.1 Å². The van der Waals surface area contributed by atoms with Crippen molar-refractivity contribution in [1.82, 2.24) is 4.98 Å². The van der Waals surface area contributed by atoms with Gasteiger partial charge in [-0.2, -0.15) is 5.26 Å². The molecule has 0 saturated carbocycles. The first-order valence-electron chi connectivity index (χ1n) is 5.42. The summed E-state index contributed by atoms with van der Waals surface area (Å²) < 4.78 is 5.49. The molecule has 0 atom stereocenters. The quantitative estimate of drug-likeness (QED) is 0.926. The number of thiophene rings is 1. The van der Waals surface area contributed by atoms with Crippen LogP contribution in [0.3, 0.4) is 0 Å². The van der Waals surface area contributed by atoms with Gasteiger partial charge in [0.15, 0.2) is 4.88 Å². The zero-order chi connectivity index (χ0) is 13.8. The van der Waals surface area contributed by atoms with Gasteiger partial charge in [-0.1, -0.05) is 6.07 Å². The summed E-state index contributed by atoms with van der Waals surface area (Å²) in [6.45, 7) is 1.93. The zero-order valence-electron chi connectivity index (χ0n) is 10.1. The van der Waals surface area contributed by atoms with E-state index in [9.17, 15) is 4.79 Å². The Kier molecular flexibility index (Phi) is 3.78. The van der Waals surface area contributed by atoms with Crippen LogP contribution in [0, 0.1) is 18.3 Å². The monoisotopic (exact) mass is 274 g/mol. The molecule has 0 bridgehead atoms. The van der Waals surface area contributed by atoms with E-state index in [1.165, 1.54) is 6.20 Å². The summed E-state index contributed by atoms with van der Waals surface area (Å²) in [5.41, 5.74) is 0.913. The number of carbonyl (C=O) groups is 1. The minimum Gasteiger partial charge on any atom is -0.487 e. The highest BCUT2D eigenvalue weighted by Gasteiger charge is 2.15. The maximum atomic E-state index is 11.0. The summed E-state index contributed by atoms with van der Waals surface area (Å²) in [4.78, 5) is 16.0. The van der Waals surface area contributed by atoms with Gasteiger partial charge in [0.05, 0.1) is 0 Å². The van der Waals surface area contributed by atoms with Crippen molar-refractivity contribution in [2.45, 2.75) is 13.5 Å². The number of nitrogens with zero attached hydrogens (tertiary/aromatic N) is 2. The molecule has 0 unspecified atom stereocenters. The molecule has 6 heteroatoms. The van der Waals surface area contributed by atoms with Crippen molar-refractivity contribution in [2.24, 2.45) is 0 Å². The summed E-state index contributed by atoms with van der Waals surface area (Å²) in [7, 11) is 0. The third kappa shape index (κ3) is 2.89. The molecule has 96 valence electrons. The van der Waals surface area contributed by atoms with E-state index in [4.69, 9.17) is 15.1 Å². The van der Waals surface area contributed by atoms with Gasteiger partial charge in [0, 0.05) is 16.6 Å². The number of ether oxygens (including phenoxy) is 1. The first-order valence-corrected chi connectivity index (χ1v) is 6.24. The van der Waals surface area contributed by atoms with Gasteiger partial charge in [0.2, 0.25) is 0 Å². The maximum Gasteiger partial charge on any atom is 0.349 e. The van der Waals surface area contributed by atoms with Crippen LogP contribution >= 0.6 is 11.3 Å². The lowest BCUT2D eigenvalue weighted by molar-refractivity contribution is 0.0697. The fourth-order valence-corrected chi connectivity index (χ4v) is 2.35. The average molecular weight is 274 g/mol. The molecule has 0 aromatic carbocycles. The Hall–Kier alpha value is -2.39. The van der Waals surface area contributed by atoms with Crippen LogP contribution in [0.4, 0.5) is 0 Å². The summed E-state index contributed by atoms with van der Waals surface area (Å²) in [5, 5.41) is 17.9. The molecule has 1 N–H and O–H groups in total. The highest BCUT2D eigenvalue weighted by molar-refractivity contribution is 7.14. The van der Waals surface area contributed by atoms with Crippen molar-refractivity contribution < 1.29 is 14.6 Å². The lowest BCUT2D eigenvalue weighted by Crippen LogP contribution is -2.02. The first-order chi connectivity index (χ1) is 9.11. The van der Waals surface area contributed by atoms with Crippen LogP contribution in [0.5, 0.6) is 5.75 Å². The fraction of sp³-hybridized carbons (Fsp3) is 0.154. The van der Waals surface area contributed by atoms with Crippen molar-refractivity contribution in [2.75, 3.05) is 0 Å². The summed E-state index contributed by atoms with van der Waals surface area (Å²) in [6.07, 6.45) is 1.53. The molecule has 2 aromatic rings. The molecule has 5 nitrogen and oxygen atoms in total. The maximum absolute atomic E-state index is 11.0. The highest BCUT2D eigenvalue weighted by Crippen LogP contribution is 2.29. The molecule has 2 aromatic heterocycles. The third-order valence-electron chi connectivity index (χ3n) is 2.40. The Morgan fingerprint density at radius 3 is 3.11 bits per heavy atom. The number of aromatic carboxylic acids is 1. The Balaban J connectivity index is 2.19. The number of hydrogen-bond donors (Lipinski definition) is 1. The second-order valence-electron chi connectivity index (χ2n) is 3.77. The van der Waals surface area contributed by atoms with Gasteiger partial charge in [-0.3, -0.25) is 0 Å². The standard InChI is InChI=1S/C13H10N2O3S/c1-8-5-11(12(19-8)13(16)17)18-7-9-3-2-4-15-10(9)6-14/h2-5H,7H2,1H3,(H,16,17). The fourth-order valence-electron chi connectivity index (χ4n) is 1.56. The smallest absolute Gasteiger partial charge is 0.349 e. The highest BCUT2D eigenvalue weighted by atomic mass is 32.1. The van der Waals surface area contributed by atoms with Gasteiger partial charge >= 0.3 is 5.97 Å². The van der Waals surface area contributed by atoms with Gasteiger partial charge < -0.3 is 9.84 Å². The van der Waals surface area contributed by atoms with Gasteiger partial charge in [0.1, 0.15) is 24.1 Å². The predicted molar refractivity (Wildman–Crippen MR) is 69.3 cm³/mol. The largest absolute Gasteiger partial charge is 0.487 e. The van der Waals surface area contributed by atoms with E-state index in [0.717, 1.165) is 16.2 Å². The van der Waals surface area contributed by atoms with E-state index in [-0.39, 0.29) is 17.2 Å². The molecular formula is C13H10N2O3S. The minimum atomic E-state index is -1.01. The summed E-state index contributed by atoms with van der Waals surface area (Å²) in [5.74, 6) is -0.692. The third-order valence-corrected chi connectivity index (χ3v) is 3.42. The van der Waals surface area contributed by atoms with Crippen LogP contribution in [0.2, 0.25) is 0 Å². The number of pyridine rings is 1. The molecule has 0 radical (unpaired) electrons. The second kappa shape index (κ2) is 5.50. The lowest BCUT2D eigenvalue weighted by atomic mass is 10.2.